The quantitative estimate of drug-likeness (QED) is 0.653. The Kier molecular flexibility index (Phi) is 6.83. The molecule has 0 fully saturated rings. The first-order valence-corrected chi connectivity index (χ1v) is 8.45. The van der Waals surface area contributed by atoms with Crippen molar-refractivity contribution in [1.82, 2.24) is 4.90 Å². The fraction of sp³-hybridized carbons (Fsp3) is 0.273. The summed E-state index contributed by atoms with van der Waals surface area (Å²) in [7, 11) is 0. The molecule has 2 rings (SSSR count). The van der Waals surface area contributed by atoms with E-state index in [2.05, 4.69) is 55.3 Å². The van der Waals surface area contributed by atoms with E-state index in [1.807, 2.05) is 24.3 Å². The molecule has 1 atom stereocenters. The maximum atomic E-state index is 10.1. The zero-order chi connectivity index (χ0) is 17.4. The second-order valence-corrected chi connectivity index (χ2v) is 6.13. The van der Waals surface area contributed by atoms with E-state index in [9.17, 15) is 5.11 Å². The lowest BCUT2D eigenvalue weighted by Gasteiger charge is -2.30. The summed E-state index contributed by atoms with van der Waals surface area (Å²) >= 11 is 0. The Balaban J connectivity index is 2.23. The third-order valence-electron chi connectivity index (χ3n) is 4.27. The van der Waals surface area contributed by atoms with E-state index < -0.39 is 0 Å². The molecule has 0 bridgehead atoms. The van der Waals surface area contributed by atoms with Gasteiger partial charge in [0.15, 0.2) is 0 Å². The Bertz CT molecular complexity index is 653. The van der Waals surface area contributed by atoms with Crippen LogP contribution in [0, 0.1) is 6.92 Å². The van der Waals surface area contributed by atoms with Gasteiger partial charge < -0.3 is 5.11 Å². The number of hydrogen-bond donors (Lipinski definition) is 1. The van der Waals surface area contributed by atoms with Crippen molar-refractivity contribution in [1.29, 1.82) is 0 Å². The average molecular weight is 321 g/mol. The molecule has 24 heavy (non-hydrogen) atoms. The molecular formula is C22H27NO. The first-order valence-electron chi connectivity index (χ1n) is 8.45. The molecule has 2 aromatic carbocycles. The molecule has 0 saturated heterocycles. The predicted molar refractivity (Wildman–Crippen MR) is 102 cm³/mol. The summed E-state index contributed by atoms with van der Waals surface area (Å²) in [6.07, 6.45) is 5.63. The molecule has 2 aromatic rings. The van der Waals surface area contributed by atoms with Crippen molar-refractivity contribution in [2.45, 2.75) is 25.8 Å². The molecule has 0 saturated carbocycles. The SMILES string of the molecule is C=CCN(CC=C)C(CCc1cc(C)ccc1O)c1ccccc1. The van der Waals surface area contributed by atoms with Gasteiger partial charge in [-0.05, 0) is 37.0 Å². The lowest BCUT2D eigenvalue weighted by atomic mass is 9.96. The van der Waals surface area contributed by atoms with Crippen molar-refractivity contribution >= 4 is 0 Å². The van der Waals surface area contributed by atoms with E-state index in [1.165, 1.54) is 11.1 Å². The molecule has 0 aromatic heterocycles. The Morgan fingerprint density at radius 2 is 1.71 bits per heavy atom. The van der Waals surface area contributed by atoms with E-state index >= 15 is 0 Å². The second-order valence-electron chi connectivity index (χ2n) is 6.13. The van der Waals surface area contributed by atoms with Crippen LogP contribution in [0.1, 0.15) is 29.2 Å². The van der Waals surface area contributed by atoms with Crippen molar-refractivity contribution in [3.05, 3.63) is 90.5 Å². The summed E-state index contributed by atoms with van der Waals surface area (Å²) in [6.45, 7) is 11.5. The summed E-state index contributed by atoms with van der Waals surface area (Å²) in [4.78, 5) is 2.36. The highest BCUT2D eigenvalue weighted by molar-refractivity contribution is 5.36. The summed E-state index contributed by atoms with van der Waals surface area (Å²) in [6, 6.07) is 16.6. The van der Waals surface area contributed by atoms with Crippen molar-refractivity contribution in [3.63, 3.8) is 0 Å². The zero-order valence-corrected chi connectivity index (χ0v) is 14.5. The van der Waals surface area contributed by atoms with E-state index in [1.54, 1.807) is 6.07 Å². The molecule has 0 aliphatic heterocycles. The van der Waals surface area contributed by atoms with Crippen LogP contribution in [0.15, 0.2) is 73.8 Å². The molecule has 0 radical (unpaired) electrons. The van der Waals surface area contributed by atoms with Crippen LogP contribution in [-0.2, 0) is 6.42 Å². The van der Waals surface area contributed by atoms with Crippen LogP contribution in [0.5, 0.6) is 5.75 Å². The van der Waals surface area contributed by atoms with Gasteiger partial charge in [0.2, 0.25) is 0 Å². The van der Waals surface area contributed by atoms with Gasteiger partial charge in [0.05, 0.1) is 0 Å². The minimum absolute atomic E-state index is 0.266. The Morgan fingerprint density at radius 1 is 1.04 bits per heavy atom. The van der Waals surface area contributed by atoms with Gasteiger partial charge in [-0.1, -0.05) is 60.2 Å². The van der Waals surface area contributed by atoms with Crippen molar-refractivity contribution in [2.75, 3.05) is 13.1 Å². The maximum absolute atomic E-state index is 10.1. The maximum Gasteiger partial charge on any atom is 0.118 e. The van der Waals surface area contributed by atoms with E-state index in [4.69, 9.17) is 0 Å². The smallest absolute Gasteiger partial charge is 0.118 e. The lowest BCUT2D eigenvalue weighted by molar-refractivity contribution is 0.230. The number of nitrogens with zero attached hydrogens (tertiary/aromatic N) is 1. The summed E-state index contributed by atoms with van der Waals surface area (Å²) in [5.74, 6) is 0.381. The van der Waals surface area contributed by atoms with Crippen molar-refractivity contribution in [3.8, 4) is 5.75 Å². The van der Waals surface area contributed by atoms with Crippen LogP contribution in [0.2, 0.25) is 0 Å². The van der Waals surface area contributed by atoms with Crippen molar-refractivity contribution < 1.29 is 5.11 Å². The number of aromatic hydroxyl groups is 1. The zero-order valence-electron chi connectivity index (χ0n) is 14.5. The van der Waals surface area contributed by atoms with E-state index in [-0.39, 0.29) is 6.04 Å². The lowest BCUT2D eigenvalue weighted by Crippen LogP contribution is -2.29. The Hall–Kier alpha value is -2.32. The average Bonchev–Trinajstić information content (AvgIpc) is 2.59. The third kappa shape index (κ3) is 4.84. The van der Waals surface area contributed by atoms with Crippen LogP contribution in [0.3, 0.4) is 0 Å². The number of phenols is 1. The number of phenolic OH excluding ortho intramolecular Hbond substituents is 1. The van der Waals surface area contributed by atoms with E-state index in [0.717, 1.165) is 31.5 Å². The molecule has 0 heterocycles. The van der Waals surface area contributed by atoms with Gasteiger partial charge in [-0.15, -0.1) is 13.2 Å². The fourth-order valence-electron chi connectivity index (χ4n) is 3.10. The molecular weight excluding hydrogens is 294 g/mol. The first kappa shape index (κ1) is 18.0. The van der Waals surface area contributed by atoms with E-state index in [0.29, 0.717) is 5.75 Å². The molecule has 2 heteroatoms. The molecule has 2 nitrogen and oxygen atoms in total. The standard InChI is InChI=1S/C22H27NO/c1-4-15-23(16-5-2)21(19-9-7-6-8-10-19)13-12-20-17-18(3)11-14-22(20)24/h4-11,14,17,21,24H,1-2,12-13,15-16H2,3H3. The highest BCUT2D eigenvalue weighted by atomic mass is 16.3. The largest absolute Gasteiger partial charge is 0.508 e. The van der Waals surface area contributed by atoms with Crippen LogP contribution >= 0.6 is 0 Å². The number of rotatable bonds is 9. The van der Waals surface area contributed by atoms with Gasteiger partial charge in [0, 0.05) is 19.1 Å². The number of benzene rings is 2. The molecule has 0 aliphatic carbocycles. The normalized spacial score (nSPS) is 12.1. The molecule has 0 amide bonds. The van der Waals surface area contributed by atoms with Crippen molar-refractivity contribution in [2.24, 2.45) is 0 Å². The summed E-state index contributed by atoms with van der Waals surface area (Å²) < 4.78 is 0. The highest BCUT2D eigenvalue weighted by Crippen LogP contribution is 2.28. The summed E-state index contributed by atoms with van der Waals surface area (Å²) in [5.41, 5.74) is 3.47. The van der Waals surface area contributed by atoms with Crippen LogP contribution in [0.4, 0.5) is 0 Å². The van der Waals surface area contributed by atoms with Gasteiger partial charge in [-0.3, -0.25) is 4.90 Å². The van der Waals surface area contributed by atoms with Crippen LogP contribution < -0.4 is 0 Å². The Morgan fingerprint density at radius 3 is 2.33 bits per heavy atom. The minimum Gasteiger partial charge on any atom is -0.508 e. The minimum atomic E-state index is 0.266. The molecule has 0 spiro atoms. The number of hydrogen-bond acceptors (Lipinski definition) is 2. The Labute approximate surface area is 145 Å². The molecule has 1 unspecified atom stereocenters. The van der Waals surface area contributed by atoms with Gasteiger partial charge in [0.1, 0.15) is 5.75 Å². The van der Waals surface area contributed by atoms with Gasteiger partial charge >= 0.3 is 0 Å². The van der Waals surface area contributed by atoms with Crippen LogP contribution in [-0.4, -0.2) is 23.1 Å². The predicted octanol–water partition coefficient (Wildman–Crippen LogP) is 5.05. The second kappa shape index (κ2) is 9.09. The highest BCUT2D eigenvalue weighted by Gasteiger charge is 2.19. The fourth-order valence-corrected chi connectivity index (χ4v) is 3.10. The van der Waals surface area contributed by atoms with Gasteiger partial charge in [-0.2, -0.15) is 0 Å². The van der Waals surface area contributed by atoms with Crippen LogP contribution in [0.25, 0.3) is 0 Å². The third-order valence-corrected chi connectivity index (χ3v) is 4.27. The van der Waals surface area contributed by atoms with Gasteiger partial charge in [-0.25, -0.2) is 0 Å². The van der Waals surface area contributed by atoms with Gasteiger partial charge in [0.25, 0.3) is 0 Å². The molecule has 1 N–H and O–H groups in total. The first-order chi connectivity index (χ1) is 11.7. The number of aryl methyl sites for hydroxylation is 2. The topological polar surface area (TPSA) is 23.5 Å². The molecule has 126 valence electrons. The molecule has 0 aliphatic rings. The monoisotopic (exact) mass is 321 g/mol. The summed E-state index contributed by atoms with van der Waals surface area (Å²) in [5, 5.41) is 10.1.